The second-order valence-electron chi connectivity index (χ2n) is 4.97. The second kappa shape index (κ2) is 6.04. The van der Waals surface area contributed by atoms with Crippen molar-refractivity contribution in [1.29, 1.82) is 0 Å². The lowest BCUT2D eigenvalue weighted by molar-refractivity contribution is 0.174. The number of amides is 2. The predicted octanol–water partition coefficient (Wildman–Crippen LogP) is 2.28. The summed E-state index contributed by atoms with van der Waals surface area (Å²) in [6.45, 7) is 0.0717. The Hall–Kier alpha value is -2.96. The maximum Gasteiger partial charge on any atom is 0.315 e. The lowest BCUT2D eigenvalue weighted by Crippen LogP contribution is -2.36. The number of hydrogen-bond acceptors (Lipinski definition) is 4. The van der Waals surface area contributed by atoms with Crippen LogP contribution in [0, 0.1) is 5.82 Å². The Labute approximate surface area is 131 Å². The van der Waals surface area contributed by atoms with Crippen molar-refractivity contribution in [1.82, 2.24) is 10.6 Å². The number of aromatic hydroxyl groups is 1. The molecule has 0 fully saturated rings. The quantitative estimate of drug-likeness (QED) is 0.811. The normalized spacial score (nSPS) is 13.5. The van der Waals surface area contributed by atoms with Crippen molar-refractivity contribution < 1.29 is 23.8 Å². The fourth-order valence-corrected chi connectivity index (χ4v) is 2.38. The number of fused-ring (bicyclic) bond motifs is 1. The predicted molar refractivity (Wildman–Crippen MR) is 80.1 cm³/mol. The van der Waals surface area contributed by atoms with E-state index >= 15 is 0 Å². The third-order valence-electron chi connectivity index (χ3n) is 3.54. The number of benzene rings is 2. The Balaban J connectivity index is 2.04. The molecule has 0 bridgehead atoms. The van der Waals surface area contributed by atoms with Crippen LogP contribution in [-0.2, 0) is 0 Å². The molecule has 3 N–H and O–H groups in total. The highest BCUT2D eigenvalue weighted by atomic mass is 19.1. The molecule has 0 radical (unpaired) electrons. The summed E-state index contributed by atoms with van der Waals surface area (Å²) >= 11 is 0. The molecular weight excluding hydrogens is 303 g/mol. The van der Waals surface area contributed by atoms with Gasteiger partial charge >= 0.3 is 6.03 Å². The SMILES string of the molecule is CNC(=O)N[C@@H](c1ccc(F)cc1)c1cc2c(cc1O)OCO2. The molecule has 7 heteroatoms. The number of halogens is 1. The minimum atomic E-state index is -0.676. The molecule has 120 valence electrons. The lowest BCUT2D eigenvalue weighted by atomic mass is 9.97. The van der Waals surface area contributed by atoms with E-state index in [4.69, 9.17) is 9.47 Å². The summed E-state index contributed by atoms with van der Waals surface area (Å²) in [4.78, 5) is 11.7. The monoisotopic (exact) mass is 318 g/mol. The Morgan fingerprint density at radius 1 is 1.22 bits per heavy atom. The number of nitrogens with one attached hydrogen (secondary N) is 2. The van der Waals surface area contributed by atoms with Crippen LogP contribution in [0.3, 0.4) is 0 Å². The molecule has 2 aromatic rings. The van der Waals surface area contributed by atoms with E-state index in [1.807, 2.05) is 0 Å². The smallest absolute Gasteiger partial charge is 0.315 e. The van der Waals surface area contributed by atoms with Gasteiger partial charge in [-0.1, -0.05) is 12.1 Å². The van der Waals surface area contributed by atoms with Crippen LogP contribution in [0.15, 0.2) is 36.4 Å². The second-order valence-corrected chi connectivity index (χ2v) is 4.97. The summed E-state index contributed by atoms with van der Waals surface area (Å²) in [5.41, 5.74) is 1.04. The summed E-state index contributed by atoms with van der Waals surface area (Å²) in [6.07, 6.45) is 0. The number of carbonyl (C=O) groups excluding carboxylic acids is 1. The van der Waals surface area contributed by atoms with E-state index in [1.54, 1.807) is 18.2 Å². The molecular formula is C16H15FN2O4. The number of ether oxygens (including phenoxy) is 2. The van der Waals surface area contributed by atoms with Gasteiger partial charge in [-0.3, -0.25) is 0 Å². The van der Waals surface area contributed by atoms with Crippen LogP contribution in [-0.4, -0.2) is 25.0 Å². The zero-order valence-electron chi connectivity index (χ0n) is 12.3. The van der Waals surface area contributed by atoms with Gasteiger partial charge in [-0.2, -0.15) is 0 Å². The third-order valence-corrected chi connectivity index (χ3v) is 3.54. The summed E-state index contributed by atoms with van der Waals surface area (Å²) in [6, 6.07) is 7.58. The Bertz CT molecular complexity index is 734. The first-order valence-corrected chi connectivity index (χ1v) is 6.94. The lowest BCUT2D eigenvalue weighted by Gasteiger charge is -2.21. The van der Waals surface area contributed by atoms with Gasteiger partial charge in [0.05, 0.1) is 6.04 Å². The first-order chi connectivity index (χ1) is 11.1. The Kier molecular flexibility index (Phi) is 3.92. The Morgan fingerprint density at radius 3 is 2.52 bits per heavy atom. The third kappa shape index (κ3) is 2.98. The van der Waals surface area contributed by atoms with E-state index < -0.39 is 12.1 Å². The topological polar surface area (TPSA) is 79.8 Å². The molecule has 0 saturated heterocycles. The fraction of sp³-hybridized carbons (Fsp3) is 0.188. The van der Waals surface area contributed by atoms with E-state index in [0.29, 0.717) is 22.6 Å². The molecule has 3 rings (SSSR count). The van der Waals surface area contributed by atoms with Crippen LogP contribution in [0.1, 0.15) is 17.2 Å². The van der Waals surface area contributed by atoms with Gasteiger partial charge in [0, 0.05) is 18.7 Å². The van der Waals surface area contributed by atoms with Crippen molar-refractivity contribution in [2.24, 2.45) is 0 Å². The average molecular weight is 318 g/mol. The standard InChI is InChI=1S/C16H15FN2O4/c1-18-16(21)19-15(9-2-4-10(17)5-3-9)11-6-13-14(7-12(11)20)23-8-22-13/h2-7,15,20H,8H2,1H3,(H2,18,19,21)/t15-/m0/s1. The van der Waals surface area contributed by atoms with Gasteiger partial charge < -0.3 is 25.2 Å². The summed E-state index contributed by atoms with van der Waals surface area (Å²) < 4.78 is 23.7. The van der Waals surface area contributed by atoms with Gasteiger partial charge in [0.1, 0.15) is 11.6 Å². The van der Waals surface area contributed by atoms with Crippen LogP contribution >= 0.6 is 0 Å². The fourth-order valence-electron chi connectivity index (χ4n) is 2.38. The molecule has 6 nitrogen and oxygen atoms in total. The van der Waals surface area contributed by atoms with Crippen molar-refractivity contribution in [2.75, 3.05) is 13.8 Å². The van der Waals surface area contributed by atoms with E-state index in [1.165, 1.54) is 25.2 Å². The van der Waals surface area contributed by atoms with Gasteiger partial charge in [-0.25, -0.2) is 9.18 Å². The number of phenols is 1. The number of hydrogen-bond donors (Lipinski definition) is 3. The van der Waals surface area contributed by atoms with Crippen molar-refractivity contribution >= 4 is 6.03 Å². The first-order valence-electron chi connectivity index (χ1n) is 6.94. The van der Waals surface area contributed by atoms with Gasteiger partial charge in [0.2, 0.25) is 6.79 Å². The van der Waals surface area contributed by atoms with E-state index in [9.17, 15) is 14.3 Å². The molecule has 1 aliphatic heterocycles. The van der Waals surface area contributed by atoms with Gasteiger partial charge in [0.15, 0.2) is 11.5 Å². The van der Waals surface area contributed by atoms with Gasteiger partial charge in [-0.05, 0) is 23.8 Å². The van der Waals surface area contributed by atoms with Crippen LogP contribution < -0.4 is 20.1 Å². The molecule has 2 aromatic carbocycles. The molecule has 2 amide bonds. The van der Waals surface area contributed by atoms with E-state index in [0.717, 1.165) is 0 Å². The molecule has 23 heavy (non-hydrogen) atoms. The van der Waals surface area contributed by atoms with Crippen LogP contribution in [0.5, 0.6) is 17.2 Å². The molecule has 1 atom stereocenters. The van der Waals surface area contributed by atoms with Crippen LogP contribution in [0.2, 0.25) is 0 Å². The minimum Gasteiger partial charge on any atom is -0.507 e. The summed E-state index contributed by atoms with van der Waals surface area (Å²) in [7, 11) is 1.48. The van der Waals surface area contributed by atoms with Gasteiger partial charge in [-0.15, -0.1) is 0 Å². The highest BCUT2D eigenvalue weighted by Crippen LogP contribution is 2.41. The van der Waals surface area contributed by atoms with Crippen molar-refractivity contribution in [3.63, 3.8) is 0 Å². The van der Waals surface area contributed by atoms with Crippen molar-refractivity contribution in [3.05, 3.63) is 53.3 Å². The maximum absolute atomic E-state index is 13.2. The highest BCUT2D eigenvalue weighted by Gasteiger charge is 2.24. The minimum absolute atomic E-state index is 0.0556. The molecule has 0 spiro atoms. The summed E-state index contributed by atoms with van der Waals surface area (Å²) in [5.74, 6) is 0.468. The van der Waals surface area contributed by atoms with E-state index in [-0.39, 0.29) is 18.4 Å². The molecule has 0 saturated carbocycles. The largest absolute Gasteiger partial charge is 0.507 e. The van der Waals surface area contributed by atoms with Crippen LogP contribution in [0.4, 0.5) is 9.18 Å². The zero-order valence-corrected chi connectivity index (χ0v) is 12.3. The van der Waals surface area contributed by atoms with Crippen molar-refractivity contribution in [2.45, 2.75) is 6.04 Å². The highest BCUT2D eigenvalue weighted by molar-refractivity contribution is 5.75. The van der Waals surface area contributed by atoms with Crippen LogP contribution in [0.25, 0.3) is 0 Å². The maximum atomic E-state index is 13.2. The molecule has 1 heterocycles. The number of phenolic OH excluding ortho intramolecular Hbond substituents is 1. The number of rotatable bonds is 3. The molecule has 1 aliphatic rings. The van der Waals surface area contributed by atoms with Crippen molar-refractivity contribution in [3.8, 4) is 17.2 Å². The molecule has 0 aliphatic carbocycles. The Morgan fingerprint density at radius 2 is 1.87 bits per heavy atom. The number of carbonyl (C=O) groups is 1. The van der Waals surface area contributed by atoms with E-state index in [2.05, 4.69) is 10.6 Å². The molecule has 0 unspecified atom stereocenters. The average Bonchev–Trinajstić information content (AvgIpc) is 3.00. The summed E-state index contributed by atoms with van der Waals surface area (Å²) in [5, 5.41) is 15.4. The number of urea groups is 1. The first kappa shape index (κ1) is 15.0. The zero-order chi connectivity index (χ0) is 16.4. The van der Waals surface area contributed by atoms with Gasteiger partial charge in [0.25, 0.3) is 0 Å². The molecule has 0 aromatic heterocycles.